The van der Waals surface area contributed by atoms with Crippen molar-refractivity contribution in [1.29, 1.82) is 0 Å². The van der Waals surface area contributed by atoms with Crippen molar-refractivity contribution in [3.8, 4) is 0 Å². The zero-order valence-corrected chi connectivity index (χ0v) is 14.0. The minimum Gasteiger partial charge on any atom is -0.481 e. The number of hydrogen-bond donors (Lipinski definition) is 4. The lowest BCUT2D eigenvalue weighted by Gasteiger charge is -1.80. The van der Waals surface area contributed by atoms with Gasteiger partial charge in [-0.3, -0.25) is 9.59 Å². The molecule has 0 heterocycles. The van der Waals surface area contributed by atoms with Crippen LogP contribution < -0.4 is 0 Å². The Labute approximate surface area is 150 Å². The predicted molar refractivity (Wildman–Crippen MR) is 98.9 cm³/mol. The maximum atomic E-state index is 9.67. The number of rotatable bonds is 6. The number of allylic oxidation sites excluding steroid dienone is 1. The summed E-state index contributed by atoms with van der Waals surface area (Å²) in [7, 11) is 20.0. The van der Waals surface area contributed by atoms with Gasteiger partial charge < -0.3 is 20.4 Å². The standard InChI is InChI=1S/C5H8O2.C3H4O4.C3H8O.B4.B2/c1-2-3-4-5(6)7;4-2(5)1-3(6)7;1-2-3-4;1-3-4-2;1-2/h3-4H,2H2,1H3,(H,6,7);1H2,(H,4,5)(H,6,7);4H,2-3H2,1H3;;/b4-3+;;;;. The van der Waals surface area contributed by atoms with E-state index in [-0.39, 0.29) is 0 Å². The third kappa shape index (κ3) is 108. The highest BCUT2D eigenvalue weighted by Gasteiger charge is 2.01. The fraction of sp³-hybridized carbons (Fsp3) is 0.545. The summed E-state index contributed by atoms with van der Waals surface area (Å²) in [5.41, 5.74) is 0. The molecule has 24 heavy (non-hydrogen) atoms. The van der Waals surface area contributed by atoms with E-state index in [1.54, 1.807) is 6.08 Å². The van der Waals surface area contributed by atoms with Gasteiger partial charge in [-0.25, -0.2) is 4.79 Å². The summed E-state index contributed by atoms with van der Waals surface area (Å²) in [6.45, 7) is 4.14. The summed E-state index contributed by atoms with van der Waals surface area (Å²) in [6.07, 6.45) is 3.59. The van der Waals surface area contributed by atoms with Crippen molar-refractivity contribution in [2.75, 3.05) is 6.61 Å². The van der Waals surface area contributed by atoms with E-state index < -0.39 is 24.3 Å². The Hall–Kier alpha value is -1.50. The Balaban J connectivity index is -0.0000000666. The van der Waals surface area contributed by atoms with Crippen LogP contribution in [0.15, 0.2) is 12.2 Å². The molecule has 0 unspecified atom stereocenters. The number of carboxylic acids is 3. The third-order valence-corrected chi connectivity index (χ3v) is 1.13. The van der Waals surface area contributed by atoms with Crippen LogP contribution in [0.5, 0.6) is 0 Å². The van der Waals surface area contributed by atoms with Crippen LogP contribution in [0.3, 0.4) is 0 Å². The van der Waals surface area contributed by atoms with E-state index in [1.807, 2.05) is 13.8 Å². The van der Waals surface area contributed by atoms with Crippen molar-refractivity contribution in [2.24, 2.45) is 0 Å². The minimum atomic E-state index is -1.31. The van der Waals surface area contributed by atoms with Crippen LogP contribution in [-0.2, 0) is 14.4 Å². The molecule has 13 heteroatoms. The summed E-state index contributed by atoms with van der Waals surface area (Å²) >= 11 is 0. The average Bonchev–Trinajstić information content (AvgIpc) is 2.54. The lowest BCUT2D eigenvalue weighted by atomic mass is 9.19. The second kappa shape index (κ2) is 37.6. The molecule has 0 aliphatic carbocycles. The van der Waals surface area contributed by atoms with Crippen LogP contribution in [0.25, 0.3) is 0 Å². The van der Waals surface area contributed by atoms with Gasteiger partial charge in [0.05, 0.1) is 0 Å². The largest absolute Gasteiger partial charge is 0.481 e. The normalized spacial score (nSPS) is 7.46. The van der Waals surface area contributed by atoms with Crippen molar-refractivity contribution < 1.29 is 34.8 Å². The highest BCUT2D eigenvalue weighted by molar-refractivity contribution is 7.37. The van der Waals surface area contributed by atoms with Gasteiger partial charge in [-0.15, -0.1) is 0 Å². The molecule has 0 fully saturated rings. The van der Waals surface area contributed by atoms with E-state index in [0.29, 0.717) is 6.61 Å². The number of carboxylic acid groups (broad SMARTS) is 3. The van der Waals surface area contributed by atoms with Gasteiger partial charge in [-0.2, -0.15) is 0 Å². The maximum Gasteiger partial charge on any atom is 0.327 e. The molecular weight excluding hydrogens is 309 g/mol. The molecule has 0 amide bonds. The molecular formula is C11H20B6O7. The van der Waals surface area contributed by atoms with Crippen LogP contribution in [-0.4, -0.2) is 90.0 Å². The third-order valence-electron chi connectivity index (χ3n) is 1.13. The van der Waals surface area contributed by atoms with E-state index in [2.05, 4.69) is 15.5 Å². The first kappa shape index (κ1) is 34.0. The molecule has 0 aromatic carbocycles. The summed E-state index contributed by atoms with van der Waals surface area (Å²) in [4.78, 5) is 28.5. The number of carbonyl (C=O) groups is 3. The van der Waals surface area contributed by atoms with Gasteiger partial charge in [0.15, 0.2) is 0 Å². The first-order valence-corrected chi connectivity index (χ1v) is 6.58. The van der Waals surface area contributed by atoms with Gasteiger partial charge in [0.2, 0.25) is 0 Å². The predicted octanol–water partition coefficient (Wildman–Crippen LogP) is -1.31. The first-order valence-electron chi connectivity index (χ1n) is 6.58. The number of hydrogen-bond acceptors (Lipinski definition) is 4. The van der Waals surface area contributed by atoms with Crippen molar-refractivity contribution in [1.82, 2.24) is 0 Å². The van der Waals surface area contributed by atoms with Gasteiger partial charge in [0, 0.05) is 57.8 Å². The number of aliphatic hydroxyl groups excluding tert-OH is 1. The molecule has 0 saturated carbocycles. The van der Waals surface area contributed by atoms with Crippen molar-refractivity contribution in [3.63, 3.8) is 0 Å². The molecule has 10 radical (unpaired) electrons. The van der Waals surface area contributed by atoms with Crippen molar-refractivity contribution >= 4 is 63.0 Å². The summed E-state index contributed by atoms with van der Waals surface area (Å²) < 4.78 is 0. The van der Waals surface area contributed by atoms with Crippen LogP contribution >= 0.6 is 0 Å². The van der Waals surface area contributed by atoms with E-state index in [1.165, 1.54) is 14.1 Å². The second-order valence-electron chi connectivity index (χ2n) is 3.22. The zero-order valence-electron chi connectivity index (χ0n) is 14.0. The van der Waals surface area contributed by atoms with E-state index >= 15 is 0 Å². The fourth-order valence-corrected chi connectivity index (χ4v) is 0.348. The first-order chi connectivity index (χ1) is 11.2. The molecule has 0 rings (SSSR count). The molecule has 0 aromatic rings. The maximum absolute atomic E-state index is 9.67. The Bertz CT molecular complexity index is 283. The highest BCUT2D eigenvalue weighted by Crippen LogP contribution is 1.77. The van der Waals surface area contributed by atoms with Gasteiger partial charge in [0.1, 0.15) is 6.42 Å². The highest BCUT2D eigenvalue weighted by atomic mass is 16.4. The lowest BCUT2D eigenvalue weighted by Crippen LogP contribution is -2.03. The minimum absolute atomic E-state index is 0.319. The SMILES string of the molecule is CC/C=C/C(=O)O.CCCO.O=C(O)CC(=O)O.[B][B].[B][B][B][B]. The Morgan fingerprint density at radius 1 is 0.958 bits per heavy atom. The van der Waals surface area contributed by atoms with Gasteiger partial charge in [-0.1, -0.05) is 19.9 Å². The quantitative estimate of drug-likeness (QED) is 0.270. The molecule has 4 N–H and O–H groups in total. The average molecular weight is 329 g/mol. The molecule has 124 valence electrons. The molecule has 0 atom stereocenters. The summed E-state index contributed by atoms with van der Waals surface area (Å²) in [5, 5.41) is 31.2. The summed E-state index contributed by atoms with van der Waals surface area (Å²) in [5.74, 6) is -3.50. The lowest BCUT2D eigenvalue weighted by molar-refractivity contribution is -0.147. The molecule has 0 aliphatic heterocycles. The van der Waals surface area contributed by atoms with E-state index in [4.69, 9.17) is 35.9 Å². The zero-order chi connectivity index (χ0) is 20.4. The van der Waals surface area contributed by atoms with Crippen LogP contribution in [0.4, 0.5) is 0 Å². The summed E-state index contributed by atoms with van der Waals surface area (Å²) in [6, 6.07) is 0. The molecule has 0 aromatic heterocycles. The molecule has 0 aliphatic rings. The van der Waals surface area contributed by atoms with Crippen LogP contribution in [0.1, 0.15) is 33.1 Å². The van der Waals surface area contributed by atoms with Crippen molar-refractivity contribution in [3.05, 3.63) is 12.2 Å². The van der Waals surface area contributed by atoms with Gasteiger partial charge in [-0.05, 0) is 12.8 Å². The van der Waals surface area contributed by atoms with Crippen LogP contribution in [0.2, 0.25) is 0 Å². The molecule has 0 spiro atoms. The second-order valence-corrected chi connectivity index (χ2v) is 3.22. The Kier molecular flexibility index (Phi) is 53.2. The van der Waals surface area contributed by atoms with E-state index in [0.717, 1.165) is 18.9 Å². The van der Waals surface area contributed by atoms with Crippen molar-refractivity contribution in [2.45, 2.75) is 33.1 Å². The van der Waals surface area contributed by atoms with Crippen LogP contribution in [0, 0.1) is 0 Å². The molecule has 7 nitrogen and oxygen atoms in total. The van der Waals surface area contributed by atoms with E-state index in [9.17, 15) is 14.4 Å². The Morgan fingerprint density at radius 2 is 1.29 bits per heavy atom. The van der Waals surface area contributed by atoms with Gasteiger partial charge >= 0.3 is 17.9 Å². The number of aliphatic hydroxyl groups is 1. The Morgan fingerprint density at radius 3 is 1.33 bits per heavy atom. The topological polar surface area (TPSA) is 132 Å². The fourth-order valence-electron chi connectivity index (χ4n) is 0.348. The smallest absolute Gasteiger partial charge is 0.327 e. The molecule has 0 saturated heterocycles. The van der Waals surface area contributed by atoms with Gasteiger partial charge in [0.25, 0.3) is 0 Å². The molecule has 0 bridgehead atoms. The monoisotopic (exact) mass is 330 g/mol. The number of aliphatic carboxylic acids is 3.